The van der Waals surface area contributed by atoms with Crippen molar-refractivity contribution in [2.24, 2.45) is 0 Å². The Morgan fingerprint density at radius 1 is 0.967 bits per heavy atom. The number of para-hydroxylation sites is 2. The van der Waals surface area contributed by atoms with Crippen molar-refractivity contribution in [1.29, 1.82) is 0 Å². The molecule has 8 heteroatoms. The van der Waals surface area contributed by atoms with Gasteiger partial charge in [0.2, 0.25) is 10.0 Å². The van der Waals surface area contributed by atoms with Gasteiger partial charge in [0.25, 0.3) is 5.56 Å². The zero-order valence-electron chi connectivity index (χ0n) is 16.8. The van der Waals surface area contributed by atoms with Crippen molar-refractivity contribution in [2.75, 3.05) is 18.8 Å². The fourth-order valence-corrected chi connectivity index (χ4v) is 4.83. The van der Waals surface area contributed by atoms with Crippen molar-refractivity contribution in [3.63, 3.8) is 0 Å². The fraction of sp³-hybridized carbons (Fsp3) is 0.364. The van der Waals surface area contributed by atoms with E-state index in [1.165, 1.54) is 23.6 Å². The molecule has 7 nitrogen and oxygen atoms in total. The van der Waals surface area contributed by atoms with Gasteiger partial charge >= 0.3 is 0 Å². The average molecular weight is 427 g/mol. The third kappa shape index (κ3) is 4.95. The Morgan fingerprint density at radius 3 is 2.47 bits per heavy atom. The Kier molecular flexibility index (Phi) is 6.26. The summed E-state index contributed by atoms with van der Waals surface area (Å²) in [6.07, 6.45) is 3.67. The number of rotatable bonds is 8. The quantitative estimate of drug-likeness (QED) is 0.596. The summed E-state index contributed by atoms with van der Waals surface area (Å²) < 4.78 is 29.4. The van der Waals surface area contributed by atoms with Gasteiger partial charge in [-0.2, -0.15) is 0 Å². The van der Waals surface area contributed by atoms with Crippen molar-refractivity contribution < 1.29 is 8.42 Å². The van der Waals surface area contributed by atoms with Crippen LogP contribution >= 0.6 is 0 Å². The number of sulfonamides is 1. The number of aryl methyl sites for hydroxylation is 1. The summed E-state index contributed by atoms with van der Waals surface area (Å²) >= 11 is 0. The molecule has 1 aliphatic rings. The Bertz CT molecular complexity index is 1180. The highest BCUT2D eigenvalue weighted by Crippen LogP contribution is 2.16. The van der Waals surface area contributed by atoms with E-state index in [1.54, 1.807) is 12.1 Å². The Morgan fingerprint density at radius 2 is 1.67 bits per heavy atom. The standard InChI is InChI=1S/C22H26N4O3S/c27-22-16-23-20-9-3-4-10-21(20)26(22)13-14-30(28,29)24-15-18-7-1-2-8-19(18)17-25-11-5-6-12-25/h1-4,7-10,16,24H,5-6,11-15,17H2. The first-order valence-electron chi connectivity index (χ1n) is 10.2. The van der Waals surface area contributed by atoms with Crippen molar-refractivity contribution in [1.82, 2.24) is 19.2 Å². The van der Waals surface area contributed by atoms with E-state index < -0.39 is 10.0 Å². The molecule has 1 aliphatic heterocycles. The monoisotopic (exact) mass is 426 g/mol. The van der Waals surface area contributed by atoms with Gasteiger partial charge in [-0.05, 0) is 49.2 Å². The summed E-state index contributed by atoms with van der Waals surface area (Å²) in [4.78, 5) is 18.7. The molecule has 0 amide bonds. The highest BCUT2D eigenvalue weighted by atomic mass is 32.2. The second-order valence-electron chi connectivity index (χ2n) is 7.63. The number of aromatic nitrogens is 2. The molecule has 0 bridgehead atoms. The number of benzene rings is 2. The first-order chi connectivity index (χ1) is 14.5. The van der Waals surface area contributed by atoms with Crippen LogP contribution < -0.4 is 10.3 Å². The molecular formula is C22H26N4O3S. The molecule has 3 aromatic rings. The second kappa shape index (κ2) is 9.07. The third-order valence-corrected chi connectivity index (χ3v) is 6.83. The van der Waals surface area contributed by atoms with E-state index >= 15 is 0 Å². The van der Waals surface area contributed by atoms with Crippen LogP contribution in [0.25, 0.3) is 11.0 Å². The highest BCUT2D eigenvalue weighted by Gasteiger charge is 2.16. The van der Waals surface area contributed by atoms with Crippen LogP contribution in [0, 0.1) is 0 Å². The van der Waals surface area contributed by atoms with Gasteiger partial charge in [-0.15, -0.1) is 0 Å². The minimum absolute atomic E-state index is 0.0760. The first-order valence-corrected chi connectivity index (χ1v) is 11.9. The Hall–Kier alpha value is -2.55. The molecule has 30 heavy (non-hydrogen) atoms. The predicted molar refractivity (Wildman–Crippen MR) is 118 cm³/mol. The molecular weight excluding hydrogens is 400 g/mol. The molecule has 4 rings (SSSR count). The van der Waals surface area contributed by atoms with Crippen LogP contribution in [0.4, 0.5) is 0 Å². The van der Waals surface area contributed by atoms with Crippen LogP contribution in [-0.2, 0) is 29.7 Å². The summed E-state index contributed by atoms with van der Waals surface area (Å²) in [5.41, 5.74) is 3.13. The summed E-state index contributed by atoms with van der Waals surface area (Å²) in [7, 11) is -3.55. The first kappa shape index (κ1) is 20.7. The van der Waals surface area contributed by atoms with Crippen LogP contribution in [0.15, 0.2) is 59.5 Å². The van der Waals surface area contributed by atoms with Crippen molar-refractivity contribution in [3.8, 4) is 0 Å². The van der Waals surface area contributed by atoms with Gasteiger partial charge in [0.15, 0.2) is 0 Å². The second-order valence-corrected chi connectivity index (χ2v) is 9.56. The van der Waals surface area contributed by atoms with Gasteiger partial charge < -0.3 is 4.57 Å². The maximum absolute atomic E-state index is 12.6. The largest absolute Gasteiger partial charge is 0.304 e. The molecule has 0 atom stereocenters. The minimum atomic E-state index is -3.55. The lowest BCUT2D eigenvalue weighted by Crippen LogP contribution is -2.31. The third-order valence-electron chi connectivity index (χ3n) is 5.53. The van der Waals surface area contributed by atoms with Crippen LogP contribution in [0.5, 0.6) is 0 Å². The van der Waals surface area contributed by atoms with E-state index in [9.17, 15) is 13.2 Å². The molecule has 0 radical (unpaired) electrons. The molecule has 1 N–H and O–H groups in total. The number of nitrogens with one attached hydrogen (secondary N) is 1. The van der Waals surface area contributed by atoms with Crippen molar-refractivity contribution in [3.05, 3.63) is 76.2 Å². The van der Waals surface area contributed by atoms with E-state index in [0.717, 1.165) is 30.8 Å². The topological polar surface area (TPSA) is 84.3 Å². The number of hydrogen-bond donors (Lipinski definition) is 1. The van der Waals surface area contributed by atoms with Crippen LogP contribution in [0.2, 0.25) is 0 Å². The van der Waals surface area contributed by atoms with E-state index in [4.69, 9.17) is 0 Å². The smallest absolute Gasteiger partial charge is 0.269 e. The van der Waals surface area contributed by atoms with Crippen LogP contribution in [-0.4, -0.2) is 41.7 Å². The molecule has 1 fully saturated rings. The molecule has 0 aliphatic carbocycles. The van der Waals surface area contributed by atoms with Crippen LogP contribution in [0.1, 0.15) is 24.0 Å². The van der Waals surface area contributed by atoms with Gasteiger partial charge in [-0.1, -0.05) is 36.4 Å². The van der Waals surface area contributed by atoms with Crippen molar-refractivity contribution >= 4 is 21.1 Å². The lowest BCUT2D eigenvalue weighted by molar-refractivity contribution is 0.330. The predicted octanol–water partition coefficient (Wildman–Crippen LogP) is 2.11. The van der Waals surface area contributed by atoms with E-state index in [2.05, 4.69) is 20.7 Å². The average Bonchev–Trinajstić information content (AvgIpc) is 3.25. The maximum atomic E-state index is 12.6. The SMILES string of the molecule is O=c1cnc2ccccc2n1CCS(=O)(=O)NCc1ccccc1CN1CCCC1. The minimum Gasteiger partial charge on any atom is -0.304 e. The molecule has 0 saturated carbocycles. The summed E-state index contributed by atoms with van der Waals surface area (Å²) in [6.45, 7) is 3.35. The summed E-state index contributed by atoms with van der Waals surface area (Å²) in [6, 6.07) is 15.2. The van der Waals surface area contributed by atoms with E-state index in [0.29, 0.717) is 11.0 Å². The van der Waals surface area contributed by atoms with Gasteiger partial charge in [-0.25, -0.2) is 18.1 Å². The molecule has 0 unspecified atom stereocenters. The Labute approximate surface area is 176 Å². The molecule has 0 spiro atoms. The highest BCUT2D eigenvalue weighted by molar-refractivity contribution is 7.89. The van der Waals surface area contributed by atoms with Gasteiger partial charge in [0, 0.05) is 19.6 Å². The molecule has 158 valence electrons. The molecule has 2 heterocycles. The number of likely N-dealkylation sites (tertiary alicyclic amines) is 1. The lowest BCUT2D eigenvalue weighted by atomic mass is 10.1. The number of nitrogens with zero attached hydrogens (tertiary/aromatic N) is 3. The van der Waals surface area contributed by atoms with Crippen molar-refractivity contribution in [2.45, 2.75) is 32.5 Å². The van der Waals surface area contributed by atoms with E-state index in [1.807, 2.05) is 30.3 Å². The van der Waals surface area contributed by atoms with Gasteiger partial charge in [-0.3, -0.25) is 9.69 Å². The maximum Gasteiger partial charge on any atom is 0.269 e. The Balaban J connectivity index is 1.43. The molecule has 1 saturated heterocycles. The number of hydrogen-bond acceptors (Lipinski definition) is 5. The zero-order chi connectivity index (χ0) is 21.0. The summed E-state index contributed by atoms with van der Waals surface area (Å²) in [5.74, 6) is -0.171. The fourth-order valence-electron chi connectivity index (χ4n) is 3.88. The van der Waals surface area contributed by atoms with E-state index in [-0.39, 0.29) is 24.4 Å². The lowest BCUT2D eigenvalue weighted by Gasteiger charge is -2.18. The van der Waals surface area contributed by atoms with Crippen LogP contribution in [0.3, 0.4) is 0 Å². The molecule has 2 aromatic carbocycles. The normalized spacial score (nSPS) is 15.1. The molecule has 1 aromatic heterocycles. The summed E-state index contributed by atoms with van der Waals surface area (Å²) in [5, 5.41) is 0. The number of fused-ring (bicyclic) bond motifs is 1. The van der Waals surface area contributed by atoms with Gasteiger partial charge in [0.05, 0.1) is 23.0 Å². The van der Waals surface area contributed by atoms with Gasteiger partial charge in [0.1, 0.15) is 0 Å². The zero-order valence-corrected chi connectivity index (χ0v) is 17.6.